The molecule has 86 valence electrons. The number of hydrogen-bond acceptors (Lipinski definition) is 0. The molecule has 15 heavy (non-hydrogen) atoms. The lowest BCUT2D eigenvalue weighted by molar-refractivity contribution is 0.492. The lowest BCUT2D eigenvalue weighted by Gasteiger charge is -2.04. The van der Waals surface area contributed by atoms with Crippen molar-refractivity contribution in [3.63, 3.8) is 0 Å². The van der Waals surface area contributed by atoms with E-state index in [2.05, 4.69) is 39.8 Å². The molecule has 0 aliphatic rings. The Kier molecular flexibility index (Phi) is 9.26. The van der Waals surface area contributed by atoms with Crippen LogP contribution in [0.3, 0.4) is 0 Å². The zero-order valence-corrected chi connectivity index (χ0v) is 10.8. The molecule has 1 unspecified atom stereocenters. The van der Waals surface area contributed by atoms with Gasteiger partial charge in [0.2, 0.25) is 0 Å². The van der Waals surface area contributed by atoms with Crippen molar-refractivity contribution >= 4 is 0 Å². The van der Waals surface area contributed by atoms with E-state index in [0.29, 0.717) is 0 Å². The van der Waals surface area contributed by atoms with Gasteiger partial charge in [0.05, 0.1) is 0 Å². The van der Waals surface area contributed by atoms with Gasteiger partial charge in [0.15, 0.2) is 0 Å². The molecule has 0 saturated heterocycles. The van der Waals surface area contributed by atoms with Gasteiger partial charge in [0.25, 0.3) is 0 Å². The standard InChI is InChI=1S/C8H18.C7H8/c1-4-6-7-8(3)5-2;1-7-5-3-2-4-6-7/h8H,4-7H2,1-3H3;2-6H,1H3. The second-order valence-corrected chi connectivity index (χ2v) is 4.31. The minimum Gasteiger partial charge on any atom is -0.0654 e. The molecule has 1 rings (SSSR count). The van der Waals surface area contributed by atoms with Crippen LogP contribution in [0.25, 0.3) is 0 Å². The molecule has 0 nitrogen and oxygen atoms in total. The highest BCUT2D eigenvalue weighted by atomic mass is 14.0. The maximum absolute atomic E-state index is 2.33. The third-order valence-electron chi connectivity index (χ3n) is 2.69. The van der Waals surface area contributed by atoms with E-state index in [1.165, 1.54) is 31.2 Å². The van der Waals surface area contributed by atoms with Crippen molar-refractivity contribution < 1.29 is 0 Å². The first kappa shape index (κ1) is 14.2. The molecule has 0 amide bonds. The average Bonchev–Trinajstić information content (AvgIpc) is 2.28. The lowest BCUT2D eigenvalue weighted by Crippen LogP contribution is -1.89. The fourth-order valence-corrected chi connectivity index (χ4v) is 1.29. The predicted octanol–water partition coefficient (Wildman–Crippen LogP) is 5.22. The molecule has 0 saturated carbocycles. The van der Waals surface area contributed by atoms with Crippen LogP contribution < -0.4 is 0 Å². The van der Waals surface area contributed by atoms with Crippen molar-refractivity contribution in [3.05, 3.63) is 35.9 Å². The van der Waals surface area contributed by atoms with Crippen LogP contribution in [0.1, 0.15) is 52.0 Å². The van der Waals surface area contributed by atoms with Gasteiger partial charge < -0.3 is 0 Å². The van der Waals surface area contributed by atoms with Crippen LogP contribution in [0.15, 0.2) is 30.3 Å². The molecule has 0 radical (unpaired) electrons. The predicted molar refractivity (Wildman–Crippen MR) is 70.2 cm³/mol. The molecule has 0 fully saturated rings. The Balaban J connectivity index is 0.000000262. The first-order valence-electron chi connectivity index (χ1n) is 6.22. The summed E-state index contributed by atoms with van der Waals surface area (Å²) >= 11 is 0. The van der Waals surface area contributed by atoms with Gasteiger partial charge >= 0.3 is 0 Å². The summed E-state index contributed by atoms with van der Waals surface area (Å²) in [6.45, 7) is 8.93. The van der Waals surface area contributed by atoms with Crippen LogP contribution in [-0.4, -0.2) is 0 Å². The first-order chi connectivity index (χ1) is 7.20. The van der Waals surface area contributed by atoms with E-state index in [1.807, 2.05) is 18.2 Å². The minimum absolute atomic E-state index is 0.954. The van der Waals surface area contributed by atoms with E-state index < -0.39 is 0 Å². The number of benzene rings is 1. The summed E-state index contributed by atoms with van der Waals surface area (Å²) < 4.78 is 0. The van der Waals surface area contributed by atoms with Crippen molar-refractivity contribution in [3.8, 4) is 0 Å². The molecule has 1 atom stereocenters. The molecule has 0 bridgehead atoms. The van der Waals surface area contributed by atoms with E-state index >= 15 is 0 Å². The van der Waals surface area contributed by atoms with Crippen molar-refractivity contribution in [2.24, 2.45) is 5.92 Å². The van der Waals surface area contributed by atoms with Gasteiger partial charge in [-0.25, -0.2) is 0 Å². The highest BCUT2D eigenvalue weighted by molar-refractivity contribution is 5.11. The third-order valence-corrected chi connectivity index (χ3v) is 2.69. The summed E-state index contributed by atoms with van der Waals surface area (Å²) in [5.41, 5.74) is 1.32. The monoisotopic (exact) mass is 206 g/mol. The van der Waals surface area contributed by atoms with Crippen LogP contribution in [0.2, 0.25) is 0 Å². The van der Waals surface area contributed by atoms with Gasteiger partial charge in [-0.1, -0.05) is 82.3 Å². The van der Waals surface area contributed by atoms with E-state index in [4.69, 9.17) is 0 Å². The summed E-state index contributed by atoms with van der Waals surface area (Å²) in [4.78, 5) is 0. The molecule has 0 N–H and O–H groups in total. The molecule has 1 aromatic rings. The second kappa shape index (κ2) is 9.76. The lowest BCUT2D eigenvalue weighted by atomic mass is 10.0. The zero-order chi connectivity index (χ0) is 11.5. The Bertz CT molecular complexity index is 213. The fraction of sp³-hybridized carbons (Fsp3) is 0.600. The Morgan fingerprint density at radius 1 is 1.07 bits per heavy atom. The maximum Gasteiger partial charge on any atom is -0.0398 e. The Hall–Kier alpha value is -0.780. The van der Waals surface area contributed by atoms with Crippen LogP contribution >= 0.6 is 0 Å². The molecule has 1 aromatic carbocycles. The largest absolute Gasteiger partial charge is 0.0654 e. The molecule has 0 aromatic heterocycles. The SMILES string of the molecule is CCCCC(C)CC.Cc1ccccc1. The van der Waals surface area contributed by atoms with E-state index in [9.17, 15) is 0 Å². The summed E-state index contributed by atoms with van der Waals surface area (Å²) in [5.74, 6) is 0.954. The maximum atomic E-state index is 2.33. The Morgan fingerprint density at radius 3 is 2.00 bits per heavy atom. The van der Waals surface area contributed by atoms with Crippen LogP contribution in [0, 0.1) is 12.8 Å². The Labute approximate surface area is 95.7 Å². The summed E-state index contributed by atoms with van der Waals surface area (Å²) in [6.07, 6.45) is 5.53. The minimum atomic E-state index is 0.954. The second-order valence-electron chi connectivity index (χ2n) is 4.31. The molecule has 0 spiro atoms. The van der Waals surface area contributed by atoms with Crippen LogP contribution in [-0.2, 0) is 0 Å². The smallest absolute Gasteiger partial charge is 0.0398 e. The number of aryl methyl sites for hydroxylation is 1. The Morgan fingerprint density at radius 2 is 1.67 bits per heavy atom. The first-order valence-corrected chi connectivity index (χ1v) is 6.22. The molecular weight excluding hydrogens is 180 g/mol. The molecule has 0 aliphatic carbocycles. The molecule has 0 aliphatic heterocycles. The average molecular weight is 206 g/mol. The van der Waals surface area contributed by atoms with E-state index in [0.717, 1.165) is 5.92 Å². The third kappa shape index (κ3) is 9.52. The van der Waals surface area contributed by atoms with Gasteiger partial charge in [0.1, 0.15) is 0 Å². The topological polar surface area (TPSA) is 0 Å². The van der Waals surface area contributed by atoms with Crippen molar-refractivity contribution in [1.29, 1.82) is 0 Å². The molecular formula is C15H26. The summed E-state index contributed by atoms with van der Waals surface area (Å²) in [7, 11) is 0. The van der Waals surface area contributed by atoms with E-state index in [-0.39, 0.29) is 0 Å². The van der Waals surface area contributed by atoms with E-state index in [1.54, 1.807) is 0 Å². The number of rotatable bonds is 4. The van der Waals surface area contributed by atoms with Gasteiger partial charge in [-0.3, -0.25) is 0 Å². The summed E-state index contributed by atoms with van der Waals surface area (Å²) in [5, 5.41) is 0. The van der Waals surface area contributed by atoms with Gasteiger partial charge in [0, 0.05) is 0 Å². The van der Waals surface area contributed by atoms with Crippen molar-refractivity contribution in [2.45, 2.75) is 53.4 Å². The normalized spacial score (nSPS) is 11.5. The van der Waals surface area contributed by atoms with Crippen molar-refractivity contribution in [2.75, 3.05) is 0 Å². The summed E-state index contributed by atoms with van der Waals surface area (Å²) in [6, 6.07) is 10.3. The quantitative estimate of drug-likeness (QED) is 0.633. The highest BCUT2D eigenvalue weighted by Gasteiger charge is 1.94. The van der Waals surface area contributed by atoms with Gasteiger partial charge in [-0.2, -0.15) is 0 Å². The number of hydrogen-bond donors (Lipinski definition) is 0. The van der Waals surface area contributed by atoms with Crippen molar-refractivity contribution in [1.82, 2.24) is 0 Å². The highest BCUT2D eigenvalue weighted by Crippen LogP contribution is 2.09. The van der Waals surface area contributed by atoms with Gasteiger partial charge in [-0.05, 0) is 12.8 Å². The van der Waals surface area contributed by atoms with Crippen LogP contribution in [0.4, 0.5) is 0 Å². The number of unbranched alkanes of at least 4 members (excludes halogenated alkanes) is 1. The molecule has 0 heteroatoms. The van der Waals surface area contributed by atoms with Gasteiger partial charge in [-0.15, -0.1) is 0 Å². The zero-order valence-electron chi connectivity index (χ0n) is 10.8. The fourth-order valence-electron chi connectivity index (χ4n) is 1.29. The van der Waals surface area contributed by atoms with Crippen LogP contribution in [0.5, 0.6) is 0 Å². The molecule has 0 heterocycles.